The van der Waals surface area contributed by atoms with E-state index in [1.807, 2.05) is 0 Å². The fraction of sp³-hybridized carbons (Fsp3) is 0.857. The van der Waals surface area contributed by atoms with Crippen LogP contribution in [0.25, 0.3) is 0 Å². The second kappa shape index (κ2) is 6.19. The normalized spacial score (nSPS) is 33.0. The zero-order valence-electron chi connectivity index (χ0n) is 12.2. The number of morpholine rings is 1. The summed E-state index contributed by atoms with van der Waals surface area (Å²) in [4.78, 5) is 27.1. The molecule has 118 valence electrons. The molecule has 0 aromatic rings. The Labute approximate surface area is 124 Å². The van der Waals surface area contributed by atoms with Crippen molar-refractivity contribution in [1.29, 1.82) is 0 Å². The van der Waals surface area contributed by atoms with Gasteiger partial charge in [-0.05, 0) is 32.2 Å². The monoisotopic (exact) mass is 297 g/mol. The van der Waals surface area contributed by atoms with Gasteiger partial charge in [-0.1, -0.05) is 0 Å². The van der Waals surface area contributed by atoms with Gasteiger partial charge < -0.3 is 20.1 Å². The lowest BCUT2D eigenvalue weighted by Crippen LogP contribution is -2.52. The highest BCUT2D eigenvalue weighted by molar-refractivity contribution is 5.83. The molecule has 3 rings (SSSR count). The Hall–Kier alpha value is -1.34. The predicted molar refractivity (Wildman–Crippen MR) is 75.1 cm³/mol. The lowest BCUT2D eigenvalue weighted by atomic mass is 10.2. The van der Waals surface area contributed by atoms with E-state index < -0.39 is 12.0 Å². The Kier molecular flexibility index (Phi) is 4.30. The number of hydrogen-bond acceptors (Lipinski definition) is 4. The van der Waals surface area contributed by atoms with Crippen molar-refractivity contribution in [1.82, 2.24) is 15.1 Å². The average Bonchev–Trinajstić information content (AvgIpc) is 3.12. The minimum absolute atomic E-state index is 0.00850. The van der Waals surface area contributed by atoms with Gasteiger partial charge in [-0.25, -0.2) is 9.59 Å². The number of urea groups is 1. The fourth-order valence-corrected chi connectivity index (χ4v) is 3.58. The van der Waals surface area contributed by atoms with Crippen LogP contribution in [-0.4, -0.2) is 77.9 Å². The van der Waals surface area contributed by atoms with Crippen LogP contribution in [0.5, 0.6) is 0 Å². The van der Waals surface area contributed by atoms with Crippen LogP contribution < -0.4 is 5.32 Å². The zero-order chi connectivity index (χ0) is 14.8. The third kappa shape index (κ3) is 3.13. The van der Waals surface area contributed by atoms with Gasteiger partial charge in [-0.2, -0.15) is 0 Å². The number of nitrogens with one attached hydrogen (secondary N) is 1. The van der Waals surface area contributed by atoms with E-state index in [-0.39, 0.29) is 12.1 Å². The highest BCUT2D eigenvalue weighted by atomic mass is 16.5. The summed E-state index contributed by atoms with van der Waals surface area (Å²) in [5.74, 6) is -0.920. The van der Waals surface area contributed by atoms with Crippen LogP contribution >= 0.6 is 0 Å². The maximum absolute atomic E-state index is 12.1. The van der Waals surface area contributed by atoms with E-state index in [9.17, 15) is 9.59 Å². The predicted octanol–water partition coefficient (Wildman–Crippen LogP) is 0.108. The molecule has 2 N–H and O–H groups in total. The van der Waals surface area contributed by atoms with E-state index in [0.717, 1.165) is 26.1 Å². The molecule has 3 unspecified atom stereocenters. The number of fused-ring (bicyclic) bond motifs is 1. The summed E-state index contributed by atoms with van der Waals surface area (Å²) in [5.41, 5.74) is 0. The molecule has 3 heterocycles. The van der Waals surface area contributed by atoms with Gasteiger partial charge in [0.15, 0.2) is 0 Å². The minimum Gasteiger partial charge on any atom is -0.480 e. The number of carboxylic acid groups (broad SMARTS) is 1. The summed E-state index contributed by atoms with van der Waals surface area (Å²) < 4.78 is 5.79. The van der Waals surface area contributed by atoms with Crippen LogP contribution in [0.1, 0.15) is 25.7 Å². The number of aliphatic carboxylic acids is 1. The Bertz CT molecular complexity index is 417. The van der Waals surface area contributed by atoms with E-state index in [0.29, 0.717) is 25.6 Å². The van der Waals surface area contributed by atoms with Crippen molar-refractivity contribution in [2.24, 2.45) is 0 Å². The summed E-state index contributed by atoms with van der Waals surface area (Å²) in [7, 11) is 0. The first-order valence-electron chi connectivity index (χ1n) is 7.78. The van der Waals surface area contributed by atoms with Crippen LogP contribution in [0.3, 0.4) is 0 Å². The number of carbonyl (C=O) groups excluding carboxylic acids is 1. The van der Waals surface area contributed by atoms with Crippen LogP contribution in [0.4, 0.5) is 4.79 Å². The standard InChI is InChI=1S/C14H23N3O4/c18-13(19)12-4-2-6-17(12)14(20)15-7-11-8-16-5-1-3-10(16)9-21-11/h10-12H,1-9H2,(H,15,20)(H,18,19). The van der Waals surface area contributed by atoms with Crippen molar-refractivity contribution in [3.8, 4) is 0 Å². The Balaban J connectivity index is 1.46. The number of hydrogen-bond donors (Lipinski definition) is 2. The zero-order valence-corrected chi connectivity index (χ0v) is 12.2. The Morgan fingerprint density at radius 3 is 2.86 bits per heavy atom. The van der Waals surface area contributed by atoms with Gasteiger partial charge in [0.25, 0.3) is 0 Å². The molecule has 0 aliphatic carbocycles. The third-order valence-corrected chi connectivity index (χ3v) is 4.74. The van der Waals surface area contributed by atoms with Gasteiger partial charge in [-0.15, -0.1) is 0 Å². The van der Waals surface area contributed by atoms with Gasteiger partial charge in [0, 0.05) is 25.7 Å². The van der Waals surface area contributed by atoms with Gasteiger partial charge in [-0.3, -0.25) is 4.90 Å². The van der Waals surface area contributed by atoms with Crippen molar-refractivity contribution in [2.45, 2.75) is 43.9 Å². The van der Waals surface area contributed by atoms with Gasteiger partial charge >= 0.3 is 12.0 Å². The number of rotatable bonds is 3. The van der Waals surface area contributed by atoms with Crippen LogP contribution in [0.2, 0.25) is 0 Å². The second-order valence-corrected chi connectivity index (χ2v) is 6.12. The first-order chi connectivity index (χ1) is 10.1. The largest absolute Gasteiger partial charge is 0.480 e. The van der Waals surface area contributed by atoms with Crippen molar-refractivity contribution < 1.29 is 19.4 Å². The molecule has 0 aromatic heterocycles. The Morgan fingerprint density at radius 1 is 1.24 bits per heavy atom. The fourth-order valence-electron chi connectivity index (χ4n) is 3.58. The van der Waals surface area contributed by atoms with E-state index in [1.165, 1.54) is 17.7 Å². The molecule has 0 spiro atoms. The minimum atomic E-state index is -0.920. The Morgan fingerprint density at radius 2 is 2.05 bits per heavy atom. The molecule has 3 fully saturated rings. The quantitative estimate of drug-likeness (QED) is 0.772. The molecule has 0 saturated carbocycles. The van der Waals surface area contributed by atoms with Crippen molar-refractivity contribution in [3.05, 3.63) is 0 Å². The average molecular weight is 297 g/mol. The number of likely N-dealkylation sites (tertiary alicyclic amines) is 1. The molecular weight excluding hydrogens is 274 g/mol. The van der Waals surface area contributed by atoms with E-state index in [4.69, 9.17) is 9.84 Å². The lowest BCUT2D eigenvalue weighted by Gasteiger charge is -2.35. The molecule has 7 heteroatoms. The maximum atomic E-state index is 12.1. The van der Waals surface area contributed by atoms with Gasteiger partial charge in [0.2, 0.25) is 0 Å². The molecule has 0 aromatic carbocycles. The summed E-state index contributed by atoms with van der Waals surface area (Å²) in [5, 5.41) is 11.9. The summed E-state index contributed by atoms with van der Waals surface area (Å²) in [6, 6.07) is -0.417. The molecule has 3 aliphatic rings. The van der Waals surface area contributed by atoms with Gasteiger partial charge in [0.05, 0.1) is 12.7 Å². The van der Waals surface area contributed by atoms with Crippen molar-refractivity contribution in [3.63, 3.8) is 0 Å². The molecule has 2 amide bonds. The smallest absolute Gasteiger partial charge is 0.326 e. The molecule has 0 bridgehead atoms. The molecule has 3 saturated heterocycles. The maximum Gasteiger partial charge on any atom is 0.326 e. The number of carbonyl (C=O) groups is 2. The van der Waals surface area contributed by atoms with E-state index in [1.54, 1.807) is 0 Å². The molecule has 21 heavy (non-hydrogen) atoms. The lowest BCUT2D eigenvalue weighted by molar-refractivity contribution is -0.141. The summed E-state index contributed by atoms with van der Waals surface area (Å²) in [6.07, 6.45) is 3.72. The molecule has 3 atom stereocenters. The van der Waals surface area contributed by atoms with Crippen LogP contribution in [0.15, 0.2) is 0 Å². The van der Waals surface area contributed by atoms with Gasteiger partial charge in [0.1, 0.15) is 6.04 Å². The first-order valence-corrected chi connectivity index (χ1v) is 7.78. The first kappa shape index (κ1) is 14.6. The molecular formula is C14H23N3O4. The second-order valence-electron chi connectivity index (χ2n) is 6.12. The van der Waals surface area contributed by atoms with Crippen LogP contribution in [-0.2, 0) is 9.53 Å². The highest BCUT2D eigenvalue weighted by Gasteiger charge is 2.35. The third-order valence-electron chi connectivity index (χ3n) is 4.74. The topological polar surface area (TPSA) is 82.1 Å². The SMILES string of the molecule is O=C(O)C1CCCN1C(=O)NCC1CN2CCCC2CO1. The number of ether oxygens (including phenoxy) is 1. The number of nitrogens with zero attached hydrogens (tertiary/aromatic N) is 2. The molecule has 3 aliphatic heterocycles. The molecule has 7 nitrogen and oxygen atoms in total. The summed E-state index contributed by atoms with van der Waals surface area (Å²) in [6.45, 7) is 3.68. The van der Waals surface area contributed by atoms with E-state index in [2.05, 4.69) is 10.2 Å². The molecule has 0 radical (unpaired) electrons. The number of amides is 2. The van der Waals surface area contributed by atoms with Crippen molar-refractivity contribution in [2.75, 3.05) is 32.8 Å². The number of carboxylic acids is 1. The van der Waals surface area contributed by atoms with E-state index >= 15 is 0 Å². The van der Waals surface area contributed by atoms with Crippen molar-refractivity contribution >= 4 is 12.0 Å². The van der Waals surface area contributed by atoms with Crippen LogP contribution in [0, 0.1) is 0 Å². The summed E-state index contributed by atoms with van der Waals surface area (Å²) >= 11 is 0. The highest BCUT2D eigenvalue weighted by Crippen LogP contribution is 2.22.